The van der Waals surface area contributed by atoms with Crippen LogP contribution in [0.2, 0.25) is 0 Å². The van der Waals surface area contributed by atoms with Crippen molar-refractivity contribution in [1.82, 2.24) is 5.32 Å². The van der Waals surface area contributed by atoms with Gasteiger partial charge in [0.25, 0.3) is 0 Å². The van der Waals surface area contributed by atoms with Gasteiger partial charge in [-0.3, -0.25) is 19.2 Å². The third kappa shape index (κ3) is 14.9. The van der Waals surface area contributed by atoms with E-state index in [2.05, 4.69) is 26.5 Å². The molecule has 0 aliphatic carbocycles. The van der Waals surface area contributed by atoms with Crippen molar-refractivity contribution in [3.05, 3.63) is 0 Å². The molecule has 0 aromatic rings. The molecule has 0 rings (SSSR count). The Balaban J connectivity index is 5.61. The Kier molecular flexibility index (Phi) is 16.6. The maximum absolute atomic E-state index is 13.0. The molecule has 0 fully saturated rings. The number of carboxylic acid groups (broad SMARTS) is 1. The van der Waals surface area contributed by atoms with Crippen LogP contribution < -0.4 is 11.1 Å². The van der Waals surface area contributed by atoms with Crippen molar-refractivity contribution in [3.63, 3.8) is 0 Å². The number of esters is 1. The summed E-state index contributed by atoms with van der Waals surface area (Å²) in [6, 6.07) is 0. The van der Waals surface area contributed by atoms with Gasteiger partial charge in [-0.25, -0.2) is 0 Å². The number of ether oxygens (including phenoxy) is 1. The zero-order valence-corrected chi connectivity index (χ0v) is 25.2. The van der Waals surface area contributed by atoms with Crippen LogP contribution in [0.3, 0.4) is 0 Å². The number of aliphatic hydroxyl groups excluding tert-OH is 1. The van der Waals surface area contributed by atoms with E-state index in [9.17, 15) is 24.3 Å². The van der Waals surface area contributed by atoms with Gasteiger partial charge in [-0.15, -0.1) is 23.5 Å². The van der Waals surface area contributed by atoms with Crippen molar-refractivity contribution >= 4 is 63.0 Å². The number of nitrogens with zero attached hydrogens (tertiary/aromatic N) is 1. The third-order valence-corrected chi connectivity index (χ3v) is 8.76. The number of carbonyl (C=O) groups excluding carboxylic acids is 3. The van der Waals surface area contributed by atoms with Gasteiger partial charge in [0.15, 0.2) is 0 Å². The molecule has 0 aliphatic heterocycles. The summed E-state index contributed by atoms with van der Waals surface area (Å²) in [4.78, 5) is 50.0. The van der Waals surface area contributed by atoms with Gasteiger partial charge in [-0.05, 0) is 32.4 Å². The van der Waals surface area contributed by atoms with Gasteiger partial charge < -0.3 is 30.5 Å². The normalized spacial score (nSPS) is 15.6. The molecule has 13 heteroatoms. The number of primary amides is 1. The number of thioether (sulfide) groups is 2. The number of quaternary nitrogens is 1. The van der Waals surface area contributed by atoms with Crippen molar-refractivity contribution in [2.45, 2.75) is 39.5 Å². The Hall–Kier alpha value is -1.41. The maximum Gasteiger partial charge on any atom is 0.311 e. The fourth-order valence-electron chi connectivity index (χ4n) is 3.92. The van der Waals surface area contributed by atoms with Gasteiger partial charge >= 0.3 is 11.9 Å². The van der Waals surface area contributed by atoms with Crippen LogP contribution in [0.25, 0.3) is 0 Å². The Labute approximate surface area is 234 Å². The second-order valence-electron chi connectivity index (χ2n) is 10.5. The van der Waals surface area contributed by atoms with Gasteiger partial charge in [0.1, 0.15) is 10.1 Å². The third-order valence-electron chi connectivity index (χ3n) is 5.91. The smallest absolute Gasteiger partial charge is 0.311 e. The summed E-state index contributed by atoms with van der Waals surface area (Å²) >= 11 is 7.76. The fraction of sp³-hybridized carbons (Fsp3) is 0.792. The minimum atomic E-state index is -1.35. The molecule has 0 saturated heterocycles. The van der Waals surface area contributed by atoms with Gasteiger partial charge in [0, 0.05) is 30.6 Å². The van der Waals surface area contributed by atoms with Crippen molar-refractivity contribution in [1.29, 1.82) is 0 Å². The summed E-state index contributed by atoms with van der Waals surface area (Å²) in [5.74, 6) is -5.00. The van der Waals surface area contributed by atoms with Crippen molar-refractivity contribution < 1.29 is 38.6 Å². The van der Waals surface area contributed by atoms with Crippen LogP contribution in [0.1, 0.15) is 39.5 Å². The molecule has 0 bridgehead atoms. The van der Waals surface area contributed by atoms with Crippen molar-refractivity contribution in [3.8, 4) is 0 Å². The van der Waals surface area contributed by atoms with E-state index < -0.39 is 41.0 Å². The minimum absolute atomic E-state index is 0.0365. The van der Waals surface area contributed by atoms with E-state index >= 15 is 0 Å². The van der Waals surface area contributed by atoms with E-state index in [1.54, 1.807) is 20.1 Å². The Morgan fingerprint density at radius 3 is 2.27 bits per heavy atom. The lowest BCUT2D eigenvalue weighted by Crippen LogP contribution is -2.41. The average Bonchev–Trinajstić information content (AvgIpc) is 2.80. The van der Waals surface area contributed by atoms with Gasteiger partial charge in [0.2, 0.25) is 11.8 Å². The molecule has 5 N–H and O–H groups in total. The molecule has 0 aliphatic rings. The summed E-state index contributed by atoms with van der Waals surface area (Å²) < 4.78 is 6.54. The summed E-state index contributed by atoms with van der Waals surface area (Å²) in [5.41, 5.74) is 4.19. The number of carbonyl (C=O) groups is 4. The van der Waals surface area contributed by atoms with Crippen LogP contribution >= 0.6 is 35.7 Å². The summed E-state index contributed by atoms with van der Waals surface area (Å²) in [6.07, 6.45) is 2.38. The van der Waals surface area contributed by atoms with Crippen LogP contribution in [0.15, 0.2) is 0 Å². The summed E-state index contributed by atoms with van der Waals surface area (Å²) in [6.45, 7) is 3.96. The highest BCUT2D eigenvalue weighted by Crippen LogP contribution is 2.37. The monoisotopic (exact) mass is 582 g/mol. The van der Waals surface area contributed by atoms with Crippen LogP contribution in [0.4, 0.5) is 0 Å². The molecule has 2 amide bonds. The van der Waals surface area contributed by atoms with E-state index in [1.807, 2.05) is 0 Å². The Bertz CT molecular complexity index is 792. The number of nitrogens with one attached hydrogen (secondary N) is 1. The highest BCUT2D eigenvalue weighted by atomic mass is 32.2. The molecule has 0 heterocycles. The molecule has 0 aromatic heterocycles. The lowest BCUT2D eigenvalue weighted by molar-refractivity contribution is -0.870. The van der Waals surface area contributed by atoms with Gasteiger partial charge in [-0.1, -0.05) is 19.1 Å². The van der Waals surface area contributed by atoms with E-state index in [0.29, 0.717) is 10.1 Å². The second kappa shape index (κ2) is 17.2. The minimum Gasteiger partial charge on any atom is -0.481 e. The van der Waals surface area contributed by atoms with Crippen LogP contribution in [0.5, 0.6) is 0 Å². The lowest BCUT2D eigenvalue weighted by atomic mass is 9.73. The molecular formula is C24H44N3O7S3+. The first kappa shape index (κ1) is 35.6. The van der Waals surface area contributed by atoms with Crippen molar-refractivity contribution in [2.24, 2.45) is 28.9 Å². The van der Waals surface area contributed by atoms with E-state index in [-0.39, 0.29) is 44.1 Å². The van der Waals surface area contributed by atoms with E-state index in [0.717, 1.165) is 17.4 Å². The summed E-state index contributed by atoms with van der Waals surface area (Å²) in [7, 11) is 6.18. The number of carboxylic acids is 1. The van der Waals surface area contributed by atoms with E-state index in [1.165, 1.54) is 23.5 Å². The van der Waals surface area contributed by atoms with Crippen LogP contribution in [-0.4, -0.2) is 101 Å². The van der Waals surface area contributed by atoms with E-state index in [4.69, 9.17) is 27.8 Å². The molecule has 0 saturated carbocycles. The van der Waals surface area contributed by atoms with Gasteiger partial charge in [0.05, 0.1) is 45.6 Å². The van der Waals surface area contributed by atoms with Crippen LogP contribution in [-0.2, 0) is 23.9 Å². The summed E-state index contributed by atoms with van der Waals surface area (Å²) in [5, 5.41) is 21.9. The molecule has 37 heavy (non-hydrogen) atoms. The molecule has 0 spiro atoms. The number of amides is 2. The molecule has 0 aromatic carbocycles. The Morgan fingerprint density at radius 2 is 1.78 bits per heavy atom. The highest BCUT2D eigenvalue weighted by molar-refractivity contribution is 8.47. The van der Waals surface area contributed by atoms with Gasteiger partial charge in [-0.2, -0.15) is 0 Å². The number of nitrogens with two attached hydrogens (primary N) is 1. The quantitative estimate of drug-likeness (QED) is 0.0812. The number of aliphatic hydroxyl groups is 1. The van der Waals surface area contributed by atoms with Crippen LogP contribution in [0, 0.1) is 23.2 Å². The molecule has 10 nitrogen and oxygen atoms in total. The highest BCUT2D eigenvalue weighted by Gasteiger charge is 2.42. The average molecular weight is 583 g/mol. The number of rotatable bonds is 18. The first-order chi connectivity index (χ1) is 17.1. The SMILES string of the molecule is CSC(=S)SCC(CC(CC(C)(CC(C)C(=O)NCCC[N+](C)(C)C)C(=O)OCCO)C(=O)O)C(N)=O. The predicted molar refractivity (Wildman–Crippen MR) is 152 cm³/mol. The second-order valence-corrected chi connectivity index (χ2v) is 13.6. The zero-order chi connectivity index (χ0) is 28.8. The topological polar surface area (TPSA) is 156 Å². The number of thiocarbonyl (C=S) groups is 1. The molecule has 214 valence electrons. The maximum atomic E-state index is 13.0. The first-order valence-electron chi connectivity index (χ1n) is 12.2. The lowest BCUT2D eigenvalue weighted by Gasteiger charge is -2.32. The molecule has 4 atom stereocenters. The zero-order valence-electron chi connectivity index (χ0n) is 22.8. The molecule has 4 unspecified atom stereocenters. The first-order valence-corrected chi connectivity index (χ1v) is 14.8. The molecular weight excluding hydrogens is 538 g/mol. The van der Waals surface area contributed by atoms with Crippen molar-refractivity contribution in [2.75, 3.05) is 59.5 Å². The standard InChI is InChI=1S/C24H43N3O7S3/c1-16(20(30)26-8-7-9-27(3,4)5)13-24(2,22(33)34-11-10-28)14-17(21(31)32)12-18(19(25)29)15-37-23(35)36-6/h16-18,28H,7-15H2,1-6H3,(H3-,25,26,29,30,31,32)/p+1. The predicted octanol–water partition coefficient (Wildman–Crippen LogP) is 1.73. The molecule has 0 radical (unpaired) electrons. The fourth-order valence-corrected chi connectivity index (χ4v) is 5.44. The number of hydrogen-bond donors (Lipinski definition) is 4. The largest absolute Gasteiger partial charge is 0.481 e. The Morgan fingerprint density at radius 1 is 1.16 bits per heavy atom. The number of aliphatic carboxylic acids is 1. The number of hydrogen-bond acceptors (Lipinski definition) is 9.